The van der Waals surface area contributed by atoms with Crippen LogP contribution in [0.3, 0.4) is 0 Å². The van der Waals surface area contributed by atoms with Crippen molar-refractivity contribution in [3.8, 4) is 5.75 Å². The Labute approximate surface area is 125 Å². The molecule has 0 spiro atoms. The lowest BCUT2D eigenvalue weighted by Gasteiger charge is -2.17. The molecule has 0 atom stereocenters. The first-order valence-electron chi connectivity index (χ1n) is 7.21. The van der Waals surface area contributed by atoms with Crippen molar-refractivity contribution in [2.75, 3.05) is 18.6 Å². The molecule has 0 saturated heterocycles. The van der Waals surface area contributed by atoms with Crippen molar-refractivity contribution in [1.29, 1.82) is 0 Å². The molecule has 0 radical (unpaired) electrons. The Morgan fingerprint density at radius 3 is 2.81 bits per heavy atom. The lowest BCUT2D eigenvalue weighted by atomic mass is 10.1. The molecule has 21 heavy (non-hydrogen) atoms. The van der Waals surface area contributed by atoms with Crippen molar-refractivity contribution < 1.29 is 9.53 Å². The van der Waals surface area contributed by atoms with E-state index in [1.54, 1.807) is 7.11 Å². The molecule has 3 heteroatoms. The van der Waals surface area contributed by atoms with Gasteiger partial charge in [-0.15, -0.1) is 0 Å². The first-order valence-corrected chi connectivity index (χ1v) is 7.21. The fraction of sp³-hybridized carbons (Fsp3) is 0.278. The average Bonchev–Trinajstić information content (AvgIpc) is 2.91. The molecule has 3 nitrogen and oxygen atoms in total. The molecule has 0 fully saturated rings. The second-order valence-corrected chi connectivity index (χ2v) is 5.40. The molecular formula is C18H19NO2. The predicted octanol–water partition coefficient (Wildman–Crippen LogP) is 3.14. The van der Waals surface area contributed by atoms with Gasteiger partial charge in [0.1, 0.15) is 5.75 Å². The quantitative estimate of drug-likeness (QED) is 0.865. The Bertz CT molecular complexity index is 679. The zero-order chi connectivity index (χ0) is 14.8. The highest BCUT2D eigenvalue weighted by atomic mass is 16.5. The molecule has 0 aliphatic carbocycles. The maximum Gasteiger partial charge on any atom is 0.231 e. The number of fused-ring (bicyclic) bond motifs is 1. The molecule has 3 rings (SSSR count). The number of carbonyl (C=O) groups excluding carboxylic acids is 1. The second-order valence-electron chi connectivity index (χ2n) is 5.40. The molecule has 1 amide bonds. The summed E-state index contributed by atoms with van der Waals surface area (Å²) in [4.78, 5) is 14.4. The molecule has 0 N–H and O–H groups in total. The molecule has 0 aromatic heterocycles. The van der Waals surface area contributed by atoms with Gasteiger partial charge in [-0.05, 0) is 42.2 Å². The van der Waals surface area contributed by atoms with E-state index in [0.717, 1.165) is 35.5 Å². The van der Waals surface area contributed by atoms with Gasteiger partial charge >= 0.3 is 0 Å². The normalized spacial score (nSPS) is 13.1. The number of carbonyl (C=O) groups is 1. The van der Waals surface area contributed by atoms with E-state index in [2.05, 4.69) is 6.07 Å². The summed E-state index contributed by atoms with van der Waals surface area (Å²) in [5.41, 5.74) is 4.41. The van der Waals surface area contributed by atoms with Crippen molar-refractivity contribution >= 4 is 11.6 Å². The lowest BCUT2D eigenvalue weighted by molar-refractivity contribution is -0.117. The maximum atomic E-state index is 12.5. The third-order valence-electron chi connectivity index (χ3n) is 4.00. The Balaban J connectivity index is 1.77. The van der Waals surface area contributed by atoms with Crippen LogP contribution >= 0.6 is 0 Å². The Hall–Kier alpha value is -2.29. The van der Waals surface area contributed by atoms with E-state index < -0.39 is 0 Å². The fourth-order valence-electron chi connectivity index (χ4n) is 2.92. The third-order valence-corrected chi connectivity index (χ3v) is 4.00. The number of hydrogen-bond acceptors (Lipinski definition) is 2. The number of benzene rings is 2. The van der Waals surface area contributed by atoms with E-state index in [1.165, 1.54) is 5.56 Å². The van der Waals surface area contributed by atoms with Gasteiger partial charge in [-0.1, -0.05) is 30.3 Å². The molecule has 108 valence electrons. The SMILES string of the molecule is COc1ccc(CC(=O)N2CCc3ccccc32)cc1C. The monoisotopic (exact) mass is 281 g/mol. The van der Waals surface area contributed by atoms with Crippen LogP contribution < -0.4 is 9.64 Å². The largest absolute Gasteiger partial charge is 0.496 e. The van der Waals surface area contributed by atoms with Gasteiger partial charge in [-0.3, -0.25) is 4.79 Å². The van der Waals surface area contributed by atoms with E-state index in [-0.39, 0.29) is 5.91 Å². The molecule has 1 aliphatic rings. The van der Waals surface area contributed by atoms with Crippen molar-refractivity contribution in [2.24, 2.45) is 0 Å². The average molecular weight is 281 g/mol. The standard InChI is InChI=1S/C18H19NO2/c1-13-11-14(7-8-17(13)21-2)12-18(20)19-10-9-15-5-3-4-6-16(15)19/h3-8,11H,9-10,12H2,1-2H3. The van der Waals surface area contributed by atoms with E-state index in [9.17, 15) is 4.79 Å². The number of rotatable bonds is 3. The summed E-state index contributed by atoms with van der Waals surface area (Å²) < 4.78 is 5.26. The van der Waals surface area contributed by atoms with E-state index >= 15 is 0 Å². The van der Waals surface area contributed by atoms with E-state index in [0.29, 0.717) is 6.42 Å². The Kier molecular flexibility index (Phi) is 3.65. The number of nitrogens with zero attached hydrogens (tertiary/aromatic N) is 1. The molecule has 1 aliphatic heterocycles. The summed E-state index contributed by atoms with van der Waals surface area (Å²) in [6.45, 7) is 2.78. The first kappa shape index (κ1) is 13.7. The smallest absolute Gasteiger partial charge is 0.231 e. The highest BCUT2D eigenvalue weighted by molar-refractivity contribution is 5.96. The van der Waals surface area contributed by atoms with Gasteiger partial charge in [0.15, 0.2) is 0 Å². The number of para-hydroxylation sites is 1. The number of ether oxygens (including phenoxy) is 1. The van der Waals surface area contributed by atoms with Crippen LogP contribution in [0.25, 0.3) is 0 Å². The first-order chi connectivity index (χ1) is 10.2. The highest BCUT2D eigenvalue weighted by Gasteiger charge is 2.24. The van der Waals surface area contributed by atoms with Gasteiger partial charge in [-0.25, -0.2) is 0 Å². The number of aryl methyl sites for hydroxylation is 1. The number of anilines is 1. The van der Waals surface area contributed by atoms with Gasteiger partial charge in [0, 0.05) is 12.2 Å². The number of amides is 1. The fourth-order valence-corrected chi connectivity index (χ4v) is 2.92. The van der Waals surface area contributed by atoms with Gasteiger partial charge in [0.25, 0.3) is 0 Å². The predicted molar refractivity (Wildman–Crippen MR) is 83.9 cm³/mol. The van der Waals surface area contributed by atoms with Gasteiger partial charge in [-0.2, -0.15) is 0 Å². The van der Waals surface area contributed by atoms with E-state index in [1.807, 2.05) is 48.2 Å². The van der Waals surface area contributed by atoms with Gasteiger partial charge in [0.05, 0.1) is 13.5 Å². The second kappa shape index (κ2) is 5.60. The molecule has 1 heterocycles. The molecule has 2 aromatic rings. The summed E-state index contributed by atoms with van der Waals surface area (Å²) >= 11 is 0. The van der Waals surface area contributed by atoms with Crippen LogP contribution in [0.1, 0.15) is 16.7 Å². The van der Waals surface area contributed by atoms with Crippen LogP contribution in [0.4, 0.5) is 5.69 Å². The van der Waals surface area contributed by atoms with Gasteiger partial charge in [0.2, 0.25) is 5.91 Å². The summed E-state index contributed by atoms with van der Waals surface area (Å²) in [5.74, 6) is 1.02. The van der Waals surface area contributed by atoms with Crippen molar-refractivity contribution in [1.82, 2.24) is 0 Å². The van der Waals surface area contributed by atoms with Gasteiger partial charge < -0.3 is 9.64 Å². The topological polar surface area (TPSA) is 29.5 Å². The lowest BCUT2D eigenvalue weighted by Crippen LogP contribution is -2.30. The number of methoxy groups -OCH3 is 1. The Morgan fingerprint density at radius 2 is 2.05 bits per heavy atom. The summed E-state index contributed by atoms with van der Waals surface area (Å²) in [6.07, 6.45) is 1.38. The minimum absolute atomic E-state index is 0.157. The molecule has 0 bridgehead atoms. The Morgan fingerprint density at radius 1 is 1.24 bits per heavy atom. The molecule has 2 aromatic carbocycles. The zero-order valence-electron chi connectivity index (χ0n) is 12.4. The van der Waals surface area contributed by atoms with Crippen LogP contribution in [-0.4, -0.2) is 19.6 Å². The summed E-state index contributed by atoms with van der Waals surface area (Å²) in [7, 11) is 1.66. The van der Waals surface area contributed by atoms with Crippen LogP contribution in [0.2, 0.25) is 0 Å². The van der Waals surface area contributed by atoms with Crippen LogP contribution in [0.15, 0.2) is 42.5 Å². The molecule has 0 unspecified atom stereocenters. The van der Waals surface area contributed by atoms with Crippen molar-refractivity contribution in [3.63, 3.8) is 0 Å². The number of hydrogen-bond donors (Lipinski definition) is 0. The molecular weight excluding hydrogens is 262 g/mol. The maximum absolute atomic E-state index is 12.5. The zero-order valence-corrected chi connectivity index (χ0v) is 12.4. The molecule has 0 saturated carbocycles. The van der Waals surface area contributed by atoms with E-state index in [4.69, 9.17) is 4.74 Å². The highest BCUT2D eigenvalue weighted by Crippen LogP contribution is 2.28. The van der Waals surface area contributed by atoms with Crippen molar-refractivity contribution in [3.05, 3.63) is 59.2 Å². The van der Waals surface area contributed by atoms with Crippen LogP contribution in [0, 0.1) is 6.92 Å². The third kappa shape index (κ3) is 2.64. The van der Waals surface area contributed by atoms with Crippen LogP contribution in [-0.2, 0) is 17.6 Å². The van der Waals surface area contributed by atoms with Crippen molar-refractivity contribution in [2.45, 2.75) is 19.8 Å². The minimum Gasteiger partial charge on any atom is -0.496 e. The van der Waals surface area contributed by atoms with Crippen LogP contribution in [0.5, 0.6) is 5.75 Å². The minimum atomic E-state index is 0.157. The summed E-state index contributed by atoms with van der Waals surface area (Å²) in [6, 6.07) is 14.1. The summed E-state index contributed by atoms with van der Waals surface area (Å²) in [5, 5.41) is 0.